The van der Waals surface area contributed by atoms with Gasteiger partial charge < -0.3 is 4.74 Å². The molecule has 1 unspecified atom stereocenters. The number of esters is 1. The van der Waals surface area contributed by atoms with Crippen molar-refractivity contribution in [2.24, 2.45) is 0 Å². The van der Waals surface area contributed by atoms with E-state index in [1.165, 1.54) is 30.3 Å². The maximum atomic E-state index is 13.3. The molecule has 11 nitrogen and oxygen atoms in total. The Hall–Kier alpha value is -3.64. The first-order valence-electron chi connectivity index (χ1n) is 9.04. The molecule has 162 valence electrons. The Balaban J connectivity index is 2.04. The molecule has 2 aromatic rings. The molecule has 0 aromatic heterocycles. The number of carbonyl (C=O) groups is 1. The van der Waals surface area contributed by atoms with Crippen LogP contribution in [-0.2, 0) is 19.6 Å². The topological polar surface area (TPSA) is 150 Å². The van der Waals surface area contributed by atoms with Gasteiger partial charge in [-0.05, 0) is 24.6 Å². The average Bonchev–Trinajstić information content (AvgIpc) is 3.20. The van der Waals surface area contributed by atoms with Crippen molar-refractivity contribution in [3.05, 3.63) is 86.0 Å². The van der Waals surface area contributed by atoms with Gasteiger partial charge in [-0.1, -0.05) is 18.2 Å². The predicted molar refractivity (Wildman–Crippen MR) is 108 cm³/mol. The standard InChI is InChI=1S/C19H17N3O8S/c1-2-30-19(23)17-11-12-20(18(17)13-3-5-14(6-4-13)21(24)25)31(28,29)16-9-7-15(8-10-16)22(26)27/h3-11,18H,2,12H2,1H3. The van der Waals surface area contributed by atoms with Crippen LogP contribution < -0.4 is 0 Å². The van der Waals surface area contributed by atoms with Crippen LogP contribution in [0.4, 0.5) is 11.4 Å². The van der Waals surface area contributed by atoms with E-state index in [-0.39, 0.29) is 35.0 Å². The molecule has 0 saturated heterocycles. The Bertz CT molecular complexity index is 1160. The maximum absolute atomic E-state index is 13.3. The van der Waals surface area contributed by atoms with Gasteiger partial charge in [0.15, 0.2) is 0 Å². The van der Waals surface area contributed by atoms with E-state index in [4.69, 9.17) is 4.74 Å². The predicted octanol–water partition coefficient (Wildman–Crippen LogP) is 2.74. The molecule has 1 aliphatic heterocycles. The molecule has 3 rings (SSSR count). The summed E-state index contributed by atoms with van der Waals surface area (Å²) in [7, 11) is -4.17. The number of ether oxygens (including phenoxy) is 1. The van der Waals surface area contributed by atoms with Crippen molar-refractivity contribution in [3.8, 4) is 0 Å². The minimum absolute atomic E-state index is 0.0816. The summed E-state index contributed by atoms with van der Waals surface area (Å²) in [6, 6.07) is 8.48. The van der Waals surface area contributed by atoms with E-state index >= 15 is 0 Å². The van der Waals surface area contributed by atoms with Gasteiger partial charge in [0, 0.05) is 30.8 Å². The zero-order chi connectivity index (χ0) is 22.8. The van der Waals surface area contributed by atoms with Crippen molar-refractivity contribution < 1.29 is 27.8 Å². The molecule has 0 spiro atoms. The quantitative estimate of drug-likeness (QED) is 0.357. The van der Waals surface area contributed by atoms with Crippen molar-refractivity contribution in [2.75, 3.05) is 13.2 Å². The van der Waals surface area contributed by atoms with Crippen LogP contribution in [0, 0.1) is 20.2 Å². The summed E-state index contributed by atoms with van der Waals surface area (Å²) in [5.41, 5.74) is -0.0279. The van der Waals surface area contributed by atoms with Gasteiger partial charge in [0.2, 0.25) is 10.0 Å². The zero-order valence-corrected chi connectivity index (χ0v) is 17.0. The number of carbonyl (C=O) groups excluding carboxylic acids is 1. The first kappa shape index (κ1) is 22.1. The normalized spacial score (nSPS) is 16.5. The molecule has 0 radical (unpaired) electrons. The monoisotopic (exact) mass is 447 g/mol. The summed E-state index contributed by atoms with van der Waals surface area (Å²) < 4.78 is 32.6. The van der Waals surface area contributed by atoms with E-state index < -0.39 is 31.9 Å². The highest BCUT2D eigenvalue weighted by Crippen LogP contribution is 2.38. The third-order valence-corrected chi connectivity index (χ3v) is 6.50. The highest BCUT2D eigenvalue weighted by Gasteiger charge is 2.41. The Kier molecular flexibility index (Phi) is 6.13. The Morgan fingerprint density at radius 2 is 1.55 bits per heavy atom. The average molecular weight is 447 g/mol. The first-order valence-corrected chi connectivity index (χ1v) is 10.5. The number of nitrogens with zero attached hydrogens (tertiary/aromatic N) is 3. The van der Waals surface area contributed by atoms with E-state index in [0.717, 1.165) is 28.6 Å². The number of hydrogen-bond donors (Lipinski definition) is 0. The fourth-order valence-electron chi connectivity index (χ4n) is 3.21. The minimum Gasteiger partial charge on any atom is -0.463 e. The van der Waals surface area contributed by atoms with Crippen LogP contribution in [0.2, 0.25) is 0 Å². The number of nitro groups is 2. The van der Waals surface area contributed by atoms with E-state index in [9.17, 15) is 33.4 Å². The van der Waals surface area contributed by atoms with Crippen molar-refractivity contribution in [1.29, 1.82) is 0 Å². The van der Waals surface area contributed by atoms with Gasteiger partial charge in [0.1, 0.15) is 0 Å². The number of hydrogen-bond acceptors (Lipinski definition) is 8. The van der Waals surface area contributed by atoms with Gasteiger partial charge in [-0.15, -0.1) is 0 Å². The highest BCUT2D eigenvalue weighted by atomic mass is 32.2. The first-order chi connectivity index (χ1) is 14.7. The van der Waals surface area contributed by atoms with Crippen molar-refractivity contribution in [2.45, 2.75) is 17.9 Å². The molecule has 2 aromatic carbocycles. The van der Waals surface area contributed by atoms with Crippen molar-refractivity contribution in [3.63, 3.8) is 0 Å². The van der Waals surface area contributed by atoms with E-state index in [1.807, 2.05) is 0 Å². The van der Waals surface area contributed by atoms with Crippen molar-refractivity contribution >= 4 is 27.4 Å². The molecule has 0 bridgehead atoms. The van der Waals surface area contributed by atoms with Gasteiger partial charge in [-0.3, -0.25) is 20.2 Å². The molecule has 1 heterocycles. The van der Waals surface area contributed by atoms with Crippen LogP contribution in [0.1, 0.15) is 18.5 Å². The molecule has 0 fully saturated rings. The maximum Gasteiger partial charge on any atom is 0.335 e. The van der Waals surface area contributed by atoms with E-state index in [0.29, 0.717) is 5.56 Å². The van der Waals surface area contributed by atoms with Gasteiger partial charge in [0.05, 0.1) is 33.0 Å². The number of benzene rings is 2. The third-order valence-electron chi connectivity index (χ3n) is 4.66. The number of non-ortho nitro benzene ring substituents is 2. The highest BCUT2D eigenvalue weighted by molar-refractivity contribution is 7.89. The lowest BCUT2D eigenvalue weighted by atomic mass is 10.0. The second-order valence-corrected chi connectivity index (χ2v) is 8.35. The summed E-state index contributed by atoms with van der Waals surface area (Å²) in [5, 5.41) is 21.8. The summed E-state index contributed by atoms with van der Waals surface area (Å²) in [6.07, 6.45) is 1.42. The SMILES string of the molecule is CCOC(=O)C1=CCN(S(=O)(=O)c2ccc([N+](=O)[O-])cc2)C1c1ccc([N+](=O)[O-])cc1. The molecule has 31 heavy (non-hydrogen) atoms. The van der Waals surface area contributed by atoms with Gasteiger partial charge >= 0.3 is 5.97 Å². The van der Waals surface area contributed by atoms with Gasteiger partial charge in [-0.2, -0.15) is 4.31 Å². The van der Waals surface area contributed by atoms with Crippen LogP contribution in [0.25, 0.3) is 0 Å². The van der Waals surface area contributed by atoms with Crippen LogP contribution in [-0.4, -0.2) is 41.7 Å². The molecule has 0 saturated carbocycles. The molecular formula is C19H17N3O8S. The lowest BCUT2D eigenvalue weighted by Crippen LogP contribution is -2.33. The molecule has 0 amide bonds. The summed E-state index contributed by atoms with van der Waals surface area (Å²) >= 11 is 0. The van der Waals surface area contributed by atoms with Crippen LogP contribution in [0.5, 0.6) is 0 Å². The molecule has 1 aliphatic rings. The Morgan fingerprint density at radius 1 is 1.03 bits per heavy atom. The fourth-order valence-corrected chi connectivity index (χ4v) is 4.74. The lowest BCUT2D eigenvalue weighted by molar-refractivity contribution is -0.385. The Morgan fingerprint density at radius 3 is 2.03 bits per heavy atom. The molecule has 1 atom stereocenters. The summed E-state index contributed by atoms with van der Waals surface area (Å²) in [4.78, 5) is 32.8. The summed E-state index contributed by atoms with van der Waals surface area (Å²) in [6.45, 7) is 1.55. The number of rotatable bonds is 7. The molecule has 0 N–H and O–H groups in total. The fraction of sp³-hybridized carbons (Fsp3) is 0.211. The van der Waals surface area contributed by atoms with Crippen LogP contribution in [0.3, 0.4) is 0 Å². The molecule has 12 heteroatoms. The second-order valence-electron chi connectivity index (χ2n) is 6.46. The minimum atomic E-state index is -4.17. The van der Waals surface area contributed by atoms with E-state index in [1.54, 1.807) is 6.92 Å². The molecular weight excluding hydrogens is 430 g/mol. The lowest BCUT2D eigenvalue weighted by Gasteiger charge is -2.26. The Labute approximate surface area is 176 Å². The zero-order valence-electron chi connectivity index (χ0n) is 16.2. The summed E-state index contributed by atoms with van der Waals surface area (Å²) in [5.74, 6) is -0.702. The smallest absolute Gasteiger partial charge is 0.335 e. The van der Waals surface area contributed by atoms with Crippen LogP contribution in [0.15, 0.2) is 65.1 Å². The number of sulfonamides is 1. The van der Waals surface area contributed by atoms with E-state index in [2.05, 4.69) is 0 Å². The van der Waals surface area contributed by atoms with Crippen molar-refractivity contribution in [1.82, 2.24) is 4.31 Å². The van der Waals surface area contributed by atoms with Gasteiger partial charge in [-0.25, -0.2) is 13.2 Å². The number of nitro benzene ring substituents is 2. The van der Waals surface area contributed by atoms with Crippen LogP contribution >= 0.6 is 0 Å². The van der Waals surface area contributed by atoms with Gasteiger partial charge in [0.25, 0.3) is 11.4 Å². The third kappa shape index (κ3) is 4.29. The second kappa shape index (κ2) is 8.62. The largest absolute Gasteiger partial charge is 0.463 e. The molecule has 0 aliphatic carbocycles.